The van der Waals surface area contributed by atoms with Crippen molar-refractivity contribution >= 4 is 34.9 Å². The molecule has 0 unspecified atom stereocenters. The summed E-state index contributed by atoms with van der Waals surface area (Å²) in [6.07, 6.45) is 1.81. The van der Waals surface area contributed by atoms with E-state index in [1.165, 1.54) is 7.11 Å². The maximum absolute atomic E-state index is 12.6. The number of nitrogens with one attached hydrogen (secondary N) is 1. The summed E-state index contributed by atoms with van der Waals surface area (Å²) in [7, 11) is 4.65. The van der Waals surface area contributed by atoms with Crippen LogP contribution in [-0.2, 0) is 16.0 Å². The number of carbonyl (C=O) groups is 3. The third-order valence-corrected chi connectivity index (χ3v) is 5.66. The molecule has 0 aliphatic carbocycles. The number of ether oxygens (including phenoxy) is 3. The van der Waals surface area contributed by atoms with E-state index in [1.807, 2.05) is 0 Å². The summed E-state index contributed by atoms with van der Waals surface area (Å²) in [5, 5.41) is 2.39. The number of hydrogen-bond acceptors (Lipinski definition) is 7. The molecule has 8 nitrogen and oxygen atoms in total. The van der Waals surface area contributed by atoms with Crippen LogP contribution in [0.5, 0.6) is 17.2 Å². The van der Waals surface area contributed by atoms with Gasteiger partial charge in [-0.15, -0.1) is 0 Å². The van der Waals surface area contributed by atoms with Gasteiger partial charge in [0, 0.05) is 13.1 Å². The lowest BCUT2D eigenvalue weighted by atomic mass is 10.1. The second kappa shape index (κ2) is 10.7. The van der Waals surface area contributed by atoms with Crippen molar-refractivity contribution in [1.82, 2.24) is 10.2 Å². The number of thioether (sulfide) groups is 1. The van der Waals surface area contributed by atoms with Crippen LogP contribution in [0.15, 0.2) is 47.4 Å². The highest BCUT2D eigenvalue weighted by Crippen LogP contribution is 2.32. The van der Waals surface area contributed by atoms with Crippen LogP contribution < -0.4 is 19.5 Å². The molecule has 1 fully saturated rings. The fraction of sp³-hybridized carbons (Fsp3) is 0.261. The van der Waals surface area contributed by atoms with Crippen LogP contribution in [-0.4, -0.2) is 56.4 Å². The van der Waals surface area contributed by atoms with Crippen molar-refractivity contribution in [2.75, 3.05) is 34.4 Å². The molecule has 0 atom stereocenters. The highest BCUT2D eigenvalue weighted by molar-refractivity contribution is 8.18. The Kier molecular flexibility index (Phi) is 7.77. The summed E-state index contributed by atoms with van der Waals surface area (Å²) in [5.74, 6) is 1.24. The van der Waals surface area contributed by atoms with Gasteiger partial charge in [0.2, 0.25) is 5.91 Å². The molecule has 0 radical (unpaired) electrons. The van der Waals surface area contributed by atoms with Crippen molar-refractivity contribution in [3.63, 3.8) is 0 Å². The van der Waals surface area contributed by atoms with E-state index in [2.05, 4.69) is 5.32 Å². The van der Waals surface area contributed by atoms with Gasteiger partial charge in [-0.1, -0.05) is 18.2 Å². The Morgan fingerprint density at radius 1 is 1.00 bits per heavy atom. The Labute approximate surface area is 190 Å². The van der Waals surface area contributed by atoms with Crippen LogP contribution in [0.4, 0.5) is 4.79 Å². The summed E-state index contributed by atoms with van der Waals surface area (Å²) in [4.78, 5) is 38.6. The first-order chi connectivity index (χ1) is 15.4. The molecule has 3 amide bonds. The molecule has 168 valence electrons. The van der Waals surface area contributed by atoms with Crippen LogP contribution in [0, 0.1) is 0 Å². The number of imide groups is 1. The topological polar surface area (TPSA) is 94.2 Å². The molecule has 1 aliphatic rings. The van der Waals surface area contributed by atoms with Crippen LogP contribution in [0.25, 0.3) is 6.08 Å². The third kappa shape index (κ3) is 5.61. The van der Waals surface area contributed by atoms with Gasteiger partial charge in [0.15, 0.2) is 11.5 Å². The van der Waals surface area contributed by atoms with Crippen molar-refractivity contribution in [3.05, 3.63) is 58.5 Å². The van der Waals surface area contributed by atoms with Gasteiger partial charge >= 0.3 is 0 Å². The van der Waals surface area contributed by atoms with Crippen molar-refractivity contribution in [2.24, 2.45) is 0 Å². The molecule has 1 N–H and O–H groups in total. The number of methoxy groups -OCH3 is 3. The molecule has 1 heterocycles. The SMILES string of the molecule is COc1ccc(/C=C2/SC(=O)N(CCNC(=O)Cc3ccc(OC)c(OC)c3)C2=O)cc1. The summed E-state index contributed by atoms with van der Waals surface area (Å²) >= 11 is 0.884. The largest absolute Gasteiger partial charge is 0.497 e. The molecule has 0 aromatic heterocycles. The fourth-order valence-corrected chi connectivity index (χ4v) is 3.95. The highest BCUT2D eigenvalue weighted by Gasteiger charge is 2.34. The van der Waals surface area contributed by atoms with E-state index in [0.717, 1.165) is 27.8 Å². The standard InChI is InChI=1S/C23H24N2O6S/c1-29-17-7-4-15(5-8-17)13-20-22(27)25(23(28)32-20)11-10-24-21(26)14-16-6-9-18(30-2)19(12-16)31-3/h4-9,12-13H,10-11,14H2,1-3H3,(H,24,26)/b20-13+. The number of benzene rings is 2. The summed E-state index contributed by atoms with van der Waals surface area (Å²) < 4.78 is 15.5. The highest BCUT2D eigenvalue weighted by atomic mass is 32.2. The smallest absolute Gasteiger partial charge is 0.293 e. The van der Waals surface area contributed by atoms with E-state index in [0.29, 0.717) is 22.2 Å². The van der Waals surface area contributed by atoms with Crippen molar-refractivity contribution in [1.29, 1.82) is 0 Å². The van der Waals surface area contributed by atoms with Gasteiger partial charge in [-0.2, -0.15) is 0 Å². The lowest BCUT2D eigenvalue weighted by Crippen LogP contribution is -2.37. The van der Waals surface area contributed by atoms with Crippen molar-refractivity contribution < 1.29 is 28.6 Å². The maximum atomic E-state index is 12.6. The lowest BCUT2D eigenvalue weighted by Gasteiger charge is -2.13. The van der Waals surface area contributed by atoms with Gasteiger partial charge in [0.25, 0.3) is 11.1 Å². The van der Waals surface area contributed by atoms with Gasteiger partial charge in [0.1, 0.15) is 5.75 Å². The molecule has 2 aromatic carbocycles. The molecule has 0 saturated carbocycles. The van der Waals surface area contributed by atoms with Gasteiger partial charge in [-0.05, 0) is 53.2 Å². The van der Waals surface area contributed by atoms with E-state index < -0.39 is 0 Å². The molecular formula is C23H24N2O6S. The van der Waals surface area contributed by atoms with Gasteiger partial charge < -0.3 is 19.5 Å². The van der Waals surface area contributed by atoms with E-state index in [4.69, 9.17) is 14.2 Å². The Bertz CT molecular complexity index is 1040. The molecule has 0 spiro atoms. The minimum absolute atomic E-state index is 0.0995. The average Bonchev–Trinajstić information content (AvgIpc) is 3.06. The quantitative estimate of drug-likeness (QED) is 0.580. The van der Waals surface area contributed by atoms with Crippen LogP contribution in [0.2, 0.25) is 0 Å². The Morgan fingerprint density at radius 3 is 2.38 bits per heavy atom. The zero-order valence-electron chi connectivity index (χ0n) is 18.0. The molecule has 32 heavy (non-hydrogen) atoms. The molecular weight excluding hydrogens is 432 g/mol. The third-order valence-electron chi connectivity index (χ3n) is 4.76. The number of nitrogens with zero attached hydrogens (tertiary/aromatic N) is 1. The van der Waals surface area contributed by atoms with E-state index in [1.54, 1.807) is 62.8 Å². The summed E-state index contributed by atoms with van der Waals surface area (Å²) in [6.45, 7) is 0.266. The zero-order chi connectivity index (χ0) is 23.1. The maximum Gasteiger partial charge on any atom is 0.293 e. The first-order valence-corrected chi connectivity index (χ1v) is 10.6. The van der Waals surface area contributed by atoms with E-state index in [-0.39, 0.29) is 36.6 Å². The lowest BCUT2D eigenvalue weighted by molar-refractivity contribution is -0.124. The normalized spacial score (nSPS) is 14.6. The second-order valence-corrected chi connectivity index (χ2v) is 7.82. The Hall–Kier alpha value is -3.46. The summed E-state index contributed by atoms with van der Waals surface area (Å²) in [5.41, 5.74) is 1.55. The average molecular weight is 457 g/mol. The molecule has 0 bridgehead atoms. The Morgan fingerprint density at radius 2 is 1.72 bits per heavy atom. The number of carbonyl (C=O) groups excluding carboxylic acids is 3. The van der Waals surface area contributed by atoms with Gasteiger partial charge in [0.05, 0.1) is 32.7 Å². The van der Waals surface area contributed by atoms with E-state index in [9.17, 15) is 14.4 Å². The minimum atomic E-state index is -0.370. The first-order valence-electron chi connectivity index (χ1n) is 9.82. The van der Waals surface area contributed by atoms with Crippen LogP contribution in [0.1, 0.15) is 11.1 Å². The van der Waals surface area contributed by atoms with E-state index >= 15 is 0 Å². The molecule has 1 aliphatic heterocycles. The minimum Gasteiger partial charge on any atom is -0.497 e. The molecule has 1 saturated heterocycles. The van der Waals surface area contributed by atoms with Crippen molar-refractivity contribution in [3.8, 4) is 17.2 Å². The number of hydrogen-bond donors (Lipinski definition) is 1. The second-order valence-electron chi connectivity index (χ2n) is 6.82. The summed E-state index contributed by atoms with van der Waals surface area (Å²) in [6, 6.07) is 12.4. The predicted molar refractivity (Wildman–Crippen MR) is 122 cm³/mol. The van der Waals surface area contributed by atoms with Crippen LogP contribution in [0.3, 0.4) is 0 Å². The van der Waals surface area contributed by atoms with Crippen LogP contribution >= 0.6 is 11.8 Å². The van der Waals surface area contributed by atoms with Crippen molar-refractivity contribution in [2.45, 2.75) is 6.42 Å². The Balaban J connectivity index is 1.53. The monoisotopic (exact) mass is 456 g/mol. The van der Waals surface area contributed by atoms with Gasteiger partial charge in [-0.25, -0.2) is 0 Å². The molecule has 2 aromatic rings. The first kappa shape index (κ1) is 23.2. The molecule has 3 rings (SSSR count). The zero-order valence-corrected chi connectivity index (χ0v) is 18.9. The van der Waals surface area contributed by atoms with Gasteiger partial charge in [-0.3, -0.25) is 19.3 Å². The predicted octanol–water partition coefficient (Wildman–Crippen LogP) is 3.11. The fourth-order valence-electron chi connectivity index (χ4n) is 3.09. The number of amides is 3. The molecule has 9 heteroatoms. The number of rotatable bonds is 9.